The smallest absolute Gasteiger partial charge is 0.128 e. The summed E-state index contributed by atoms with van der Waals surface area (Å²) in [7, 11) is 0. The van der Waals surface area contributed by atoms with E-state index in [2.05, 4.69) is 6.58 Å². The lowest BCUT2D eigenvalue weighted by molar-refractivity contribution is 0.202. The van der Waals surface area contributed by atoms with Gasteiger partial charge < -0.3 is 14.9 Å². The van der Waals surface area contributed by atoms with Gasteiger partial charge in [0.25, 0.3) is 0 Å². The maximum atomic E-state index is 9.50. The quantitative estimate of drug-likeness (QED) is 0.817. The number of hydrogen-bond donors (Lipinski definition) is 2. The molecule has 0 amide bonds. The fourth-order valence-corrected chi connectivity index (χ4v) is 2.30. The van der Waals surface area contributed by atoms with E-state index in [1.54, 1.807) is 30.3 Å². The van der Waals surface area contributed by atoms with Crippen LogP contribution >= 0.6 is 0 Å². The third-order valence-electron chi connectivity index (χ3n) is 3.31. The van der Waals surface area contributed by atoms with Crippen LogP contribution in [0.25, 0.3) is 5.57 Å². The zero-order valence-electron chi connectivity index (χ0n) is 10.3. The molecule has 3 heteroatoms. The second kappa shape index (κ2) is 4.35. The maximum Gasteiger partial charge on any atom is 0.128 e. The number of phenolic OH excluding ortho intramolecular Hbond substituents is 2. The van der Waals surface area contributed by atoms with Gasteiger partial charge in [0.2, 0.25) is 0 Å². The molecular weight excluding hydrogens is 240 g/mol. The van der Waals surface area contributed by atoms with Crippen molar-refractivity contribution in [3.05, 3.63) is 60.2 Å². The lowest BCUT2D eigenvalue weighted by Gasteiger charge is -2.28. The molecule has 19 heavy (non-hydrogen) atoms. The largest absolute Gasteiger partial charge is 0.508 e. The van der Waals surface area contributed by atoms with Crippen LogP contribution in [0.3, 0.4) is 0 Å². The zero-order chi connectivity index (χ0) is 13.4. The van der Waals surface area contributed by atoms with Crippen molar-refractivity contribution in [3.63, 3.8) is 0 Å². The molecule has 0 saturated heterocycles. The van der Waals surface area contributed by atoms with Crippen LogP contribution in [0.2, 0.25) is 0 Å². The van der Waals surface area contributed by atoms with E-state index in [4.69, 9.17) is 4.74 Å². The standard InChI is InChI=1S/C16H14O3/c1-10-8-16(11-2-4-12(17)5-3-11)19-15-7-6-13(18)9-14(10)15/h2-7,9,16-18H,1,8H2/t16-/m0/s1. The summed E-state index contributed by atoms with van der Waals surface area (Å²) in [6.07, 6.45) is 0.562. The second-order valence-corrected chi connectivity index (χ2v) is 4.69. The van der Waals surface area contributed by atoms with Crippen LogP contribution in [0.4, 0.5) is 0 Å². The molecule has 1 heterocycles. The normalized spacial score (nSPS) is 17.7. The summed E-state index contributed by atoms with van der Waals surface area (Å²) in [5.74, 6) is 1.18. The van der Waals surface area contributed by atoms with Crippen LogP contribution in [0.1, 0.15) is 23.7 Å². The van der Waals surface area contributed by atoms with Gasteiger partial charge in [0.1, 0.15) is 23.4 Å². The van der Waals surface area contributed by atoms with Gasteiger partial charge in [-0.3, -0.25) is 0 Å². The fraction of sp³-hybridized carbons (Fsp3) is 0.125. The Balaban J connectivity index is 1.95. The summed E-state index contributed by atoms with van der Waals surface area (Å²) in [6.45, 7) is 4.05. The molecule has 2 aromatic rings. The molecule has 1 atom stereocenters. The highest BCUT2D eigenvalue weighted by molar-refractivity contribution is 5.72. The van der Waals surface area contributed by atoms with E-state index in [1.807, 2.05) is 12.1 Å². The van der Waals surface area contributed by atoms with Gasteiger partial charge in [0.15, 0.2) is 0 Å². The van der Waals surface area contributed by atoms with Gasteiger partial charge >= 0.3 is 0 Å². The van der Waals surface area contributed by atoms with Crippen molar-refractivity contribution < 1.29 is 14.9 Å². The summed E-state index contributed by atoms with van der Waals surface area (Å²) in [5.41, 5.74) is 2.79. The minimum absolute atomic E-state index is 0.106. The minimum Gasteiger partial charge on any atom is -0.508 e. The summed E-state index contributed by atoms with van der Waals surface area (Å²) in [5, 5.41) is 18.8. The van der Waals surface area contributed by atoms with E-state index in [0.717, 1.165) is 22.4 Å². The number of phenols is 2. The van der Waals surface area contributed by atoms with E-state index in [1.165, 1.54) is 0 Å². The molecule has 0 bridgehead atoms. The topological polar surface area (TPSA) is 49.7 Å². The van der Waals surface area contributed by atoms with Crippen molar-refractivity contribution >= 4 is 5.57 Å². The fourth-order valence-electron chi connectivity index (χ4n) is 2.30. The molecule has 0 fully saturated rings. The summed E-state index contributed by atoms with van der Waals surface area (Å²) in [4.78, 5) is 0. The summed E-state index contributed by atoms with van der Waals surface area (Å²) in [6, 6.07) is 12.0. The first kappa shape index (κ1) is 11.7. The maximum absolute atomic E-state index is 9.50. The number of fused-ring (bicyclic) bond motifs is 1. The van der Waals surface area contributed by atoms with E-state index < -0.39 is 0 Å². The minimum atomic E-state index is -0.106. The van der Waals surface area contributed by atoms with Crippen LogP contribution < -0.4 is 4.74 Å². The predicted molar refractivity (Wildman–Crippen MR) is 73.2 cm³/mol. The molecule has 0 unspecified atom stereocenters. The van der Waals surface area contributed by atoms with Crippen molar-refractivity contribution in [1.82, 2.24) is 0 Å². The summed E-state index contributed by atoms with van der Waals surface area (Å²) < 4.78 is 5.93. The molecule has 3 nitrogen and oxygen atoms in total. The van der Waals surface area contributed by atoms with Gasteiger partial charge in [-0.1, -0.05) is 18.7 Å². The Morgan fingerprint density at radius 2 is 1.68 bits per heavy atom. The molecule has 2 N–H and O–H groups in total. The highest BCUT2D eigenvalue weighted by Gasteiger charge is 2.24. The molecule has 96 valence electrons. The molecule has 0 spiro atoms. The zero-order valence-corrected chi connectivity index (χ0v) is 10.3. The van der Waals surface area contributed by atoms with Crippen molar-refractivity contribution in [1.29, 1.82) is 0 Å². The van der Waals surface area contributed by atoms with Gasteiger partial charge in [-0.25, -0.2) is 0 Å². The Bertz CT molecular complexity index is 629. The molecule has 1 aliphatic rings. The molecule has 0 aliphatic carbocycles. The lowest BCUT2D eigenvalue weighted by atomic mass is 9.93. The molecular formula is C16H14O3. The van der Waals surface area contributed by atoms with E-state index in [9.17, 15) is 10.2 Å². The molecule has 0 aromatic heterocycles. The average molecular weight is 254 g/mol. The highest BCUT2D eigenvalue weighted by atomic mass is 16.5. The monoisotopic (exact) mass is 254 g/mol. The van der Waals surface area contributed by atoms with E-state index >= 15 is 0 Å². The first-order valence-electron chi connectivity index (χ1n) is 6.10. The Hall–Kier alpha value is -2.42. The molecule has 2 aromatic carbocycles. The first-order valence-corrected chi connectivity index (χ1v) is 6.10. The Morgan fingerprint density at radius 1 is 1.00 bits per heavy atom. The van der Waals surface area contributed by atoms with Gasteiger partial charge in [0, 0.05) is 12.0 Å². The van der Waals surface area contributed by atoms with E-state index in [0.29, 0.717) is 6.42 Å². The number of rotatable bonds is 1. The van der Waals surface area contributed by atoms with Crippen LogP contribution in [0.15, 0.2) is 49.0 Å². The van der Waals surface area contributed by atoms with Gasteiger partial charge in [0.05, 0.1) is 0 Å². The van der Waals surface area contributed by atoms with Crippen LogP contribution in [-0.4, -0.2) is 10.2 Å². The third-order valence-corrected chi connectivity index (χ3v) is 3.31. The van der Waals surface area contributed by atoms with Crippen molar-refractivity contribution in [2.75, 3.05) is 0 Å². The Morgan fingerprint density at radius 3 is 2.42 bits per heavy atom. The van der Waals surface area contributed by atoms with Crippen LogP contribution in [0.5, 0.6) is 17.2 Å². The van der Waals surface area contributed by atoms with Crippen LogP contribution in [-0.2, 0) is 0 Å². The first-order chi connectivity index (χ1) is 9.13. The second-order valence-electron chi connectivity index (χ2n) is 4.69. The van der Waals surface area contributed by atoms with Gasteiger partial charge in [-0.05, 0) is 41.5 Å². The van der Waals surface area contributed by atoms with Gasteiger partial charge in [-0.2, -0.15) is 0 Å². The van der Waals surface area contributed by atoms with Crippen molar-refractivity contribution in [3.8, 4) is 17.2 Å². The number of hydrogen-bond acceptors (Lipinski definition) is 3. The van der Waals surface area contributed by atoms with Gasteiger partial charge in [-0.15, -0.1) is 0 Å². The highest BCUT2D eigenvalue weighted by Crippen LogP contribution is 2.42. The van der Waals surface area contributed by atoms with Crippen molar-refractivity contribution in [2.45, 2.75) is 12.5 Å². The lowest BCUT2D eigenvalue weighted by Crippen LogP contribution is -2.14. The summed E-state index contributed by atoms with van der Waals surface area (Å²) >= 11 is 0. The third kappa shape index (κ3) is 2.15. The Kier molecular flexibility index (Phi) is 2.67. The van der Waals surface area contributed by atoms with Crippen LogP contribution in [0, 0.1) is 0 Å². The molecule has 3 rings (SSSR count). The number of benzene rings is 2. The number of ether oxygens (including phenoxy) is 1. The number of aromatic hydroxyl groups is 2. The predicted octanol–water partition coefficient (Wildman–Crippen LogP) is 3.63. The van der Waals surface area contributed by atoms with E-state index in [-0.39, 0.29) is 17.6 Å². The SMILES string of the molecule is C=C1C[C@@H](c2ccc(O)cc2)Oc2ccc(O)cc21. The Labute approximate surface area is 111 Å². The molecule has 1 aliphatic heterocycles. The van der Waals surface area contributed by atoms with Crippen molar-refractivity contribution in [2.24, 2.45) is 0 Å². The molecule has 0 saturated carbocycles. The molecule has 0 radical (unpaired) electrons. The average Bonchev–Trinajstić information content (AvgIpc) is 2.40.